The fourth-order valence-corrected chi connectivity index (χ4v) is 2.23. The van der Waals surface area contributed by atoms with E-state index in [1.54, 1.807) is 0 Å². The lowest BCUT2D eigenvalue weighted by atomic mass is 10.1. The summed E-state index contributed by atoms with van der Waals surface area (Å²) in [4.78, 5) is 10.1. The van der Waals surface area contributed by atoms with Crippen LogP contribution < -0.4 is 10.5 Å². The molecule has 1 aromatic rings. The predicted octanol–water partition coefficient (Wildman–Crippen LogP) is 1.58. The summed E-state index contributed by atoms with van der Waals surface area (Å²) in [5.41, 5.74) is 6.03. The Morgan fingerprint density at radius 1 is 1.59 bits per heavy atom. The lowest BCUT2D eigenvalue weighted by Crippen LogP contribution is -2.26. The number of hydrogen-bond donors (Lipinski definition) is 1. The molecule has 94 valence electrons. The van der Waals surface area contributed by atoms with Gasteiger partial charge in [-0.3, -0.25) is 0 Å². The Kier molecular flexibility index (Phi) is 4.02. The van der Waals surface area contributed by atoms with Gasteiger partial charge in [0.1, 0.15) is 12.0 Å². The van der Waals surface area contributed by atoms with Gasteiger partial charge in [-0.05, 0) is 32.9 Å². The van der Waals surface area contributed by atoms with Crippen molar-refractivity contribution in [1.29, 1.82) is 0 Å². The lowest BCUT2D eigenvalue weighted by molar-refractivity contribution is 0.229. The van der Waals surface area contributed by atoms with E-state index < -0.39 is 0 Å². The molecule has 0 saturated carbocycles. The molecule has 1 aliphatic rings. The Balaban J connectivity index is 1.84. The molecule has 2 heterocycles. The number of nitrogens with two attached hydrogens (primary N) is 1. The van der Waals surface area contributed by atoms with Gasteiger partial charge in [-0.1, -0.05) is 11.6 Å². The Bertz CT molecular complexity index is 388. The molecule has 0 aromatic carbocycles. The van der Waals surface area contributed by atoms with E-state index in [-0.39, 0.29) is 5.15 Å². The number of likely N-dealkylation sites (tertiary alicyclic amines) is 1. The summed E-state index contributed by atoms with van der Waals surface area (Å²) in [6, 6.07) is 0.605. The zero-order valence-corrected chi connectivity index (χ0v) is 10.7. The summed E-state index contributed by atoms with van der Waals surface area (Å²) in [5, 5.41) is 0.244. The Morgan fingerprint density at radius 2 is 2.41 bits per heavy atom. The third kappa shape index (κ3) is 2.98. The summed E-state index contributed by atoms with van der Waals surface area (Å²) in [7, 11) is 2.15. The molecule has 0 bridgehead atoms. The number of rotatable bonds is 4. The van der Waals surface area contributed by atoms with E-state index in [1.165, 1.54) is 25.7 Å². The van der Waals surface area contributed by atoms with Crippen molar-refractivity contribution in [1.82, 2.24) is 14.9 Å². The topological polar surface area (TPSA) is 64.3 Å². The van der Waals surface area contributed by atoms with Crippen LogP contribution in [0.25, 0.3) is 0 Å². The molecule has 0 aliphatic carbocycles. The highest BCUT2D eigenvalue weighted by Gasteiger charge is 2.20. The number of aromatic nitrogens is 2. The van der Waals surface area contributed by atoms with E-state index in [2.05, 4.69) is 21.9 Å². The monoisotopic (exact) mass is 256 g/mol. The highest BCUT2D eigenvalue weighted by molar-refractivity contribution is 6.32. The molecule has 1 unspecified atom stereocenters. The van der Waals surface area contributed by atoms with Crippen molar-refractivity contribution in [2.75, 3.05) is 25.9 Å². The van der Waals surface area contributed by atoms with Gasteiger partial charge in [0, 0.05) is 6.04 Å². The maximum Gasteiger partial charge on any atom is 0.241 e. The first-order valence-corrected chi connectivity index (χ1v) is 6.15. The molecule has 1 saturated heterocycles. The van der Waals surface area contributed by atoms with Crippen LogP contribution in [0, 0.1) is 0 Å². The van der Waals surface area contributed by atoms with Crippen LogP contribution >= 0.6 is 11.6 Å². The SMILES string of the molecule is CN1CCCC1CCOc1ncnc(Cl)c1N. The van der Waals surface area contributed by atoms with Gasteiger partial charge in [0.2, 0.25) is 5.88 Å². The van der Waals surface area contributed by atoms with E-state index in [0.29, 0.717) is 24.2 Å². The first kappa shape index (κ1) is 12.4. The fourth-order valence-electron chi connectivity index (χ4n) is 2.11. The standard InChI is InChI=1S/C11H17ClN4O/c1-16-5-2-3-8(16)4-6-17-11-9(13)10(12)14-7-15-11/h7-8H,2-6,13H2,1H3. The fraction of sp³-hybridized carbons (Fsp3) is 0.636. The van der Waals surface area contributed by atoms with E-state index in [4.69, 9.17) is 22.1 Å². The van der Waals surface area contributed by atoms with E-state index >= 15 is 0 Å². The predicted molar refractivity (Wildman–Crippen MR) is 67.2 cm³/mol. The highest BCUT2D eigenvalue weighted by atomic mass is 35.5. The first-order valence-electron chi connectivity index (χ1n) is 5.77. The quantitative estimate of drug-likeness (QED) is 0.829. The van der Waals surface area contributed by atoms with Gasteiger partial charge in [-0.2, -0.15) is 4.98 Å². The number of nitrogen functional groups attached to an aromatic ring is 1. The molecule has 0 radical (unpaired) electrons. The van der Waals surface area contributed by atoms with Crippen LogP contribution in [-0.2, 0) is 0 Å². The van der Waals surface area contributed by atoms with Crippen molar-refractivity contribution in [3.8, 4) is 5.88 Å². The van der Waals surface area contributed by atoms with Gasteiger partial charge in [0.05, 0.1) is 6.61 Å². The van der Waals surface area contributed by atoms with Gasteiger partial charge in [0.15, 0.2) is 5.15 Å². The maximum absolute atomic E-state index is 5.78. The zero-order valence-electron chi connectivity index (χ0n) is 9.90. The summed E-state index contributed by atoms with van der Waals surface area (Å²) >= 11 is 5.78. The second-order valence-electron chi connectivity index (χ2n) is 4.30. The minimum absolute atomic E-state index is 0.244. The molecular weight excluding hydrogens is 240 g/mol. The van der Waals surface area contributed by atoms with E-state index in [1.807, 2.05) is 0 Å². The molecule has 1 aromatic heterocycles. The molecule has 1 fully saturated rings. The molecule has 0 spiro atoms. The van der Waals surface area contributed by atoms with Gasteiger partial charge >= 0.3 is 0 Å². The van der Waals surface area contributed by atoms with Crippen molar-refractivity contribution in [3.63, 3.8) is 0 Å². The van der Waals surface area contributed by atoms with Crippen LogP contribution in [-0.4, -0.2) is 41.1 Å². The Hall–Kier alpha value is -1.07. The molecule has 1 aliphatic heterocycles. The van der Waals surface area contributed by atoms with Gasteiger partial charge < -0.3 is 15.4 Å². The normalized spacial score (nSPS) is 20.7. The molecule has 2 N–H and O–H groups in total. The minimum Gasteiger partial charge on any atom is -0.476 e. The number of nitrogens with zero attached hydrogens (tertiary/aromatic N) is 3. The van der Waals surface area contributed by atoms with Crippen LogP contribution in [0.5, 0.6) is 5.88 Å². The van der Waals surface area contributed by atoms with Crippen molar-refractivity contribution >= 4 is 17.3 Å². The molecule has 5 nitrogen and oxygen atoms in total. The third-order valence-corrected chi connectivity index (χ3v) is 3.46. The average Bonchev–Trinajstić information content (AvgIpc) is 2.71. The molecule has 17 heavy (non-hydrogen) atoms. The third-order valence-electron chi connectivity index (χ3n) is 3.16. The lowest BCUT2D eigenvalue weighted by Gasteiger charge is -2.19. The van der Waals surface area contributed by atoms with Crippen molar-refractivity contribution in [2.24, 2.45) is 0 Å². The number of hydrogen-bond acceptors (Lipinski definition) is 5. The smallest absolute Gasteiger partial charge is 0.241 e. The summed E-state index contributed by atoms with van der Waals surface area (Å²) < 4.78 is 5.54. The molecule has 0 amide bonds. The summed E-state index contributed by atoms with van der Waals surface area (Å²) in [5.74, 6) is 0.380. The summed E-state index contributed by atoms with van der Waals surface area (Å²) in [6.45, 7) is 1.78. The molecule has 2 rings (SSSR count). The van der Waals surface area contributed by atoms with Crippen LogP contribution in [0.1, 0.15) is 19.3 Å². The second kappa shape index (κ2) is 5.51. The largest absolute Gasteiger partial charge is 0.476 e. The van der Waals surface area contributed by atoms with E-state index in [0.717, 1.165) is 6.42 Å². The average molecular weight is 257 g/mol. The van der Waals surface area contributed by atoms with Crippen LogP contribution in [0.4, 0.5) is 5.69 Å². The summed E-state index contributed by atoms with van der Waals surface area (Å²) in [6.07, 6.45) is 4.84. The Morgan fingerprint density at radius 3 is 3.12 bits per heavy atom. The molecular formula is C11H17ClN4O. The Labute approximate surface area is 106 Å². The van der Waals surface area contributed by atoms with Crippen molar-refractivity contribution < 1.29 is 4.74 Å². The number of ether oxygens (including phenoxy) is 1. The minimum atomic E-state index is 0.244. The zero-order chi connectivity index (χ0) is 12.3. The number of halogens is 1. The molecule has 1 atom stereocenters. The van der Waals surface area contributed by atoms with Crippen LogP contribution in [0.2, 0.25) is 5.15 Å². The second-order valence-corrected chi connectivity index (χ2v) is 4.66. The van der Waals surface area contributed by atoms with Gasteiger partial charge in [-0.25, -0.2) is 4.98 Å². The molecule has 6 heteroatoms. The van der Waals surface area contributed by atoms with Crippen LogP contribution in [0.15, 0.2) is 6.33 Å². The van der Waals surface area contributed by atoms with Crippen LogP contribution in [0.3, 0.4) is 0 Å². The van der Waals surface area contributed by atoms with E-state index in [9.17, 15) is 0 Å². The van der Waals surface area contributed by atoms with Gasteiger partial charge in [0.25, 0.3) is 0 Å². The first-order chi connectivity index (χ1) is 8.18. The van der Waals surface area contributed by atoms with Gasteiger partial charge in [-0.15, -0.1) is 0 Å². The van der Waals surface area contributed by atoms with Crippen molar-refractivity contribution in [3.05, 3.63) is 11.5 Å². The number of anilines is 1. The van der Waals surface area contributed by atoms with Crippen molar-refractivity contribution in [2.45, 2.75) is 25.3 Å². The maximum atomic E-state index is 5.78. The highest BCUT2D eigenvalue weighted by Crippen LogP contribution is 2.25.